The first-order valence-corrected chi connectivity index (χ1v) is 10.5. The number of amides is 1. The van der Waals surface area contributed by atoms with Gasteiger partial charge in [0.05, 0.1) is 35.5 Å². The third-order valence-corrected chi connectivity index (χ3v) is 5.92. The van der Waals surface area contributed by atoms with Gasteiger partial charge in [-0.1, -0.05) is 17.7 Å². The first kappa shape index (κ1) is 22.2. The Hall–Kier alpha value is -3.01. The number of hydrogen-bond donors (Lipinski definition) is 3. The van der Waals surface area contributed by atoms with E-state index in [1.165, 1.54) is 12.4 Å². The number of fused-ring (bicyclic) bond motifs is 1. The van der Waals surface area contributed by atoms with Gasteiger partial charge in [0.25, 0.3) is 0 Å². The number of aliphatic hydroxyl groups excluding tert-OH is 1. The number of likely N-dealkylation sites (tertiary alicyclic amines) is 1. The highest BCUT2D eigenvalue weighted by atomic mass is 35.5. The van der Waals surface area contributed by atoms with Gasteiger partial charge >= 0.3 is 0 Å². The van der Waals surface area contributed by atoms with Gasteiger partial charge in [0.15, 0.2) is 5.82 Å². The minimum atomic E-state index is -0.579. The van der Waals surface area contributed by atoms with E-state index in [9.17, 15) is 14.3 Å². The third-order valence-electron chi connectivity index (χ3n) is 5.63. The molecule has 0 aliphatic carbocycles. The predicted octanol–water partition coefficient (Wildman–Crippen LogP) is 2.99. The van der Waals surface area contributed by atoms with Crippen molar-refractivity contribution in [1.29, 1.82) is 0 Å². The monoisotopic (exact) mass is 459 g/mol. The summed E-state index contributed by atoms with van der Waals surface area (Å²) in [5.74, 6) is -0.0671. The van der Waals surface area contributed by atoms with E-state index in [2.05, 4.69) is 15.3 Å². The van der Waals surface area contributed by atoms with Gasteiger partial charge in [-0.2, -0.15) is 0 Å². The molecule has 2 atom stereocenters. The number of aromatic nitrogens is 2. The number of rotatable bonds is 6. The van der Waals surface area contributed by atoms with Crippen LogP contribution in [-0.4, -0.2) is 51.7 Å². The molecule has 1 aromatic heterocycles. The highest BCUT2D eigenvalue weighted by Gasteiger charge is 2.32. The number of halogens is 2. The molecule has 0 radical (unpaired) electrons. The number of carbonyl (C=O) groups excluding carboxylic acids is 1. The second kappa shape index (κ2) is 9.23. The zero-order valence-corrected chi connectivity index (χ0v) is 18.1. The quantitative estimate of drug-likeness (QED) is 0.519. The molecule has 1 amide bonds. The smallest absolute Gasteiger partial charge is 0.234 e. The van der Waals surface area contributed by atoms with E-state index in [1.807, 2.05) is 11.0 Å². The lowest BCUT2D eigenvalue weighted by Gasteiger charge is -2.36. The second-order valence-electron chi connectivity index (χ2n) is 7.70. The van der Waals surface area contributed by atoms with Crippen molar-refractivity contribution in [3.8, 4) is 5.75 Å². The van der Waals surface area contributed by atoms with Gasteiger partial charge in [-0.05, 0) is 31.0 Å². The molecule has 1 saturated heterocycles. The summed E-state index contributed by atoms with van der Waals surface area (Å²) in [7, 11) is 1.55. The fraction of sp³-hybridized carbons (Fsp3) is 0.318. The number of benzene rings is 2. The maximum Gasteiger partial charge on any atom is 0.234 e. The zero-order valence-electron chi connectivity index (χ0n) is 17.4. The first-order valence-electron chi connectivity index (χ1n) is 10.1. The Balaban J connectivity index is 1.72. The van der Waals surface area contributed by atoms with Gasteiger partial charge in [0.2, 0.25) is 5.91 Å². The first-order chi connectivity index (χ1) is 15.4. The minimum absolute atomic E-state index is 0.000462. The van der Waals surface area contributed by atoms with E-state index in [4.69, 9.17) is 22.1 Å². The Morgan fingerprint density at radius 1 is 1.41 bits per heavy atom. The zero-order chi connectivity index (χ0) is 22.8. The van der Waals surface area contributed by atoms with Crippen LogP contribution in [-0.2, 0) is 11.3 Å². The highest BCUT2D eigenvalue weighted by molar-refractivity contribution is 6.31. The van der Waals surface area contributed by atoms with Crippen LogP contribution in [0.5, 0.6) is 5.75 Å². The van der Waals surface area contributed by atoms with Crippen LogP contribution >= 0.6 is 11.6 Å². The molecular formula is C22H23ClFN5O3. The molecule has 4 rings (SSSR count). The molecule has 0 unspecified atom stereocenters. The van der Waals surface area contributed by atoms with Crippen LogP contribution in [0.25, 0.3) is 10.9 Å². The largest absolute Gasteiger partial charge is 0.496 e. The lowest BCUT2D eigenvalue weighted by molar-refractivity contribution is -0.126. The number of carbonyl (C=O) groups is 1. The normalized spacial score (nSPS) is 19.1. The van der Waals surface area contributed by atoms with E-state index < -0.39 is 23.9 Å². The lowest BCUT2D eigenvalue weighted by atomic mass is 9.97. The van der Waals surface area contributed by atoms with E-state index in [1.54, 1.807) is 25.3 Å². The van der Waals surface area contributed by atoms with Gasteiger partial charge in [-0.15, -0.1) is 0 Å². The number of nitrogens with zero attached hydrogens (tertiary/aromatic N) is 3. The summed E-state index contributed by atoms with van der Waals surface area (Å²) in [6.45, 7) is 0.888. The van der Waals surface area contributed by atoms with Gasteiger partial charge in [0.1, 0.15) is 17.9 Å². The van der Waals surface area contributed by atoms with Crippen LogP contribution in [0, 0.1) is 5.82 Å². The number of methoxy groups -OCH3 is 1. The van der Waals surface area contributed by atoms with E-state index >= 15 is 0 Å². The molecule has 1 aliphatic heterocycles. The molecule has 4 N–H and O–H groups in total. The SMILES string of the molecule is COc1cc2ncnc(Nc3cccc(Cl)c3F)c2cc1CN1CC[C@H](O)C[C@H]1C(N)=O. The molecule has 0 bridgehead atoms. The average Bonchev–Trinajstić information content (AvgIpc) is 2.77. The standard InChI is InChI=1S/C22H23ClFN5O3/c1-32-19-9-17-14(7-12(19)10-29-6-5-13(30)8-18(29)21(25)31)22(27-11-26-17)28-16-4-2-3-15(23)20(16)24/h2-4,7,9,11,13,18,30H,5-6,8,10H2,1H3,(H2,25,31)(H,26,27,28)/t13-,18-/m0/s1. The Bertz CT molecular complexity index is 1160. The van der Waals surface area contributed by atoms with Crippen LogP contribution in [0.1, 0.15) is 18.4 Å². The Labute approximate surface area is 189 Å². The van der Waals surface area contributed by atoms with Crippen molar-refractivity contribution in [2.75, 3.05) is 19.0 Å². The third kappa shape index (κ3) is 4.45. The number of nitrogens with two attached hydrogens (primary N) is 1. The molecule has 10 heteroatoms. The number of nitrogens with one attached hydrogen (secondary N) is 1. The van der Waals surface area contributed by atoms with Gasteiger partial charge in [0, 0.05) is 30.1 Å². The van der Waals surface area contributed by atoms with Crippen molar-refractivity contribution in [2.24, 2.45) is 5.73 Å². The molecule has 0 spiro atoms. The van der Waals surface area contributed by atoms with Gasteiger partial charge in [-0.25, -0.2) is 14.4 Å². The van der Waals surface area contributed by atoms with Crippen LogP contribution < -0.4 is 15.8 Å². The van der Waals surface area contributed by atoms with E-state index in [0.29, 0.717) is 42.0 Å². The van der Waals surface area contributed by atoms with Crippen LogP contribution in [0.2, 0.25) is 5.02 Å². The number of hydrogen-bond acceptors (Lipinski definition) is 7. The molecule has 8 nitrogen and oxygen atoms in total. The molecule has 0 saturated carbocycles. The summed E-state index contributed by atoms with van der Waals surface area (Å²) >= 11 is 5.90. The summed E-state index contributed by atoms with van der Waals surface area (Å²) in [5, 5.41) is 13.6. The maximum absolute atomic E-state index is 14.4. The molecule has 32 heavy (non-hydrogen) atoms. The highest BCUT2D eigenvalue weighted by Crippen LogP contribution is 2.33. The minimum Gasteiger partial charge on any atom is -0.496 e. The number of ether oxygens (including phenoxy) is 1. The average molecular weight is 460 g/mol. The van der Waals surface area contributed by atoms with Crippen LogP contribution in [0.3, 0.4) is 0 Å². The summed E-state index contributed by atoms with van der Waals surface area (Å²) in [4.78, 5) is 22.4. The summed E-state index contributed by atoms with van der Waals surface area (Å²) in [6.07, 6.45) is 1.65. The molecule has 168 valence electrons. The van der Waals surface area contributed by atoms with Crippen molar-refractivity contribution in [2.45, 2.75) is 31.5 Å². The van der Waals surface area contributed by atoms with Crippen LogP contribution in [0.15, 0.2) is 36.7 Å². The van der Waals surface area contributed by atoms with Crippen molar-refractivity contribution in [1.82, 2.24) is 14.9 Å². The summed E-state index contributed by atoms with van der Waals surface area (Å²) in [6, 6.07) is 7.71. The molecule has 3 aromatic rings. The summed E-state index contributed by atoms with van der Waals surface area (Å²) < 4.78 is 20.0. The Morgan fingerprint density at radius 2 is 2.22 bits per heavy atom. The van der Waals surface area contributed by atoms with Gasteiger partial charge < -0.3 is 20.9 Å². The van der Waals surface area contributed by atoms with Crippen molar-refractivity contribution < 1.29 is 19.0 Å². The topological polar surface area (TPSA) is 114 Å². The maximum atomic E-state index is 14.4. The molecule has 1 fully saturated rings. The van der Waals surface area contributed by atoms with Crippen molar-refractivity contribution in [3.05, 3.63) is 53.1 Å². The molecular weight excluding hydrogens is 437 g/mol. The van der Waals surface area contributed by atoms with Crippen molar-refractivity contribution >= 4 is 39.9 Å². The number of anilines is 2. The van der Waals surface area contributed by atoms with Crippen LogP contribution in [0.4, 0.5) is 15.9 Å². The van der Waals surface area contributed by atoms with E-state index in [0.717, 1.165) is 5.56 Å². The number of piperidine rings is 1. The molecule has 1 aliphatic rings. The van der Waals surface area contributed by atoms with E-state index in [-0.39, 0.29) is 17.1 Å². The molecule has 2 heterocycles. The molecule has 2 aromatic carbocycles. The fourth-order valence-corrected chi connectivity index (χ4v) is 4.14. The predicted molar refractivity (Wildman–Crippen MR) is 119 cm³/mol. The Morgan fingerprint density at radius 3 is 2.97 bits per heavy atom. The summed E-state index contributed by atoms with van der Waals surface area (Å²) in [5.41, 5.74) is 7.15. The van der Waals surface area contributed by atoms with Gasteiger partial charge in [-0.3, -0.25) is 9.69 Å². The Kier molecular flexibility index (Phi) is 6.40. The number of aliphatic hydroxyl groups is 1. The lowest BCUT2D eigenvalue weighted by Crippen LogP contribution is -2.50. The second-order valence-corrected chi connectivity index (χ2v) is 8.10. The van der Waals surface area contributed by atoms with Crippen molar-refractivity contribution in [3.63, 3.8) is 0 Å². The number of primary amides is 1. The fourth-order valence-electron chi connectivity index (χ4n) is 3.97.